The largest absolute Gasteiger partial charge is 0.463 e. The molecule has 2 amide bonds. The molecule has 1 aromatic heterocycles. The molecule has 2 fully saturated rings. The predicted octanol–water partition coefficient (Wildman–Crippen LogP) is 3.82. The van der Waals surface area contributed by atoms with E-state index >= 15 is 0 Å². The first-order valence-corrected chi connectivity index (χ1v) is 15.5. The number of anilines is 2. The molecule has 6 rings (SSSR count). The van der Waals surface area contributed by atoms with E-state index in [0.29, 0.717) is 45.8 Å². The van der Waals surface area contributed by atoms with E-state index < -0.39 is 6.67 Å². The third-order valence-electron chi connectivity index (χ3n) is 9.04. The highest BCUT2D eigenvalue weighted by atomic mass is 19.1. The Balaban J connectivity index is 1.32. The first-order valence-electron chi connectivity index (χ1n) is 15.5. The van der Waals surface area contributed by atoms with Gasteiger partial charge >= 0.3 is 6.01 Å². The van der Waals surface area contributed by atoms with Crippen LogP contribution in [0.1, 0.15) is 23.2 Å². The number of aryl methyl sites for hydroxylation is 1. The molecule has 234 valence electrons. The van der Waals surface area contributed by atoms with E-state index in [1.54, 1.807) is 16.8 Å². The van der Waals surface area contributed by atoms with Crippen LogP contribution in [-0.2, 0) is 22.6 Å². The monoisotopic (exact) mass is 611 g/mol. The van der Waals surface area contributed by atoms with Crippen molar-refractivity contribution >= 4 is 34.1 Å². The molecule has 0 aliphatic carbocycles. The number of fused-ring (bicyclic) bond motifs is 2. The maximum Gasteiger partial charge on any atom is 0.318 e. The molecular formula is C34H38FN7O3. The van der Waals surface area contributed by atoms with E-state index in [2.05, 4.69) is 58.0 Å². The van der Waals surface area contributed by atoms with Crippen molar-refractivity contribution in [3.05, 3.63) is 76.8 Å². The number of hydrogen-bond donors (Lipinski definition) is 0. The fraction of sp³-hybridized carbons (Fsp3) is 0.441. The van der Waals surface area contributed by atoms with Crippen LogP contribution >= 0.6 is 0 Å². The van der Waals surface area contributed by atoms with Gasteiger partial charge in [0.2, 0.25) is 18.4 Å². The van der Waals surface area contributed by atoms with Gasteiger partial charge in [0.25, 0.3) is 0 Å². The number of piperazine rings is 1. The van der Waals surface area contributed by atoms with Crippen LogP contribution in [0.4, 0.5) is 15.9 Å². The van der Waals surface area contributed by atoms with E-state index in [9.17, 15) is 14.0 Å². The molecule has 2 aromatic carbocycles. The van der Waals surface area contributed by atoms with Gasteiger partial charge in [-0.25, -0.2) is 11.0 Å². The summed E-state index contributed by atoms with van der Waals surface area (Å²) in [5, 5.41) is 2.43. The second-order valence-corrected chi connectivity index (χ2v) is 12.1. The molecule has 0 bridgehead atoms. The molecule has 45 heavy (non-hydrogen) atoms. The average Bonchev–Trinajstić information content (AvgIpc) is 3.38. The zero-order valence-electron chi connectivity index (χ0n) is 25.8. The van der Waals surface area contributed by atoms with Crippen molar-refractivity contribution in [3.8, 4) is 6.01 Å². The van der Waals surface area contributed by atoms with Crippen LogP contribution in [0, 0.1) is 19.4 Å². The zero-order chi connectivity index (χ0) is 31.5. The van der Waals surface area contributed by atoms with Crippen LogP contribution in [0.3, 0.4) is 0 Å². The lowest BCUT2D eigenvalue weighted by Crippen LogP contribution is -2.56. The van der Waals surface area contributed by atoms with Crippen molar-refractivity contribution in [2.45, 2.75) is 32.4 Å². The second kappa shape index (κ2) is 13.1. The Hall–Kier alpha value is -4.72. The lowest BCUT2D eigenvalue weighted by molar-refractivity contribution is -0.128. The predicted molar refractivity (Wildman–Crippen MR) is 171 cm³/mol. The van der Waals surface area contributed by atoms with Crippen molar-refractivity contribution < 1.29 is 18.7 Å². The van der Waals surface area contributed by atoms with E-state index in [-0.39, 0.29) is 36.3 Å². The van der Waals surface area contributed by atoms with Crippen LogP contribution in [0.2, 0.25) is 0 Å². The number of alkyl halides is 1. The SMILES string of the molecule is [C-]#[N+]C[C@H]1CN(c2nc(OCC3CC(=O)N(C)C3)nc3c2CCN(c2cccc4cccc(C)c24)C3)CCN1C(=O)/C=C/CF. The summed E-state index contributed by atoms with van der Waals surface area (Å²) < 4.78 is 18.9. The smallest absolute Gasteiger partial charge is 0.318 e. The van der Waals surface area contributed by atoms with Gasteiger partial charge in [-0.1, -0.05) is 30.3 Å². The van der Waals surface area contributed by atoms with Crippen LogP contribution < -0.4 is 14.5 Å². The number of carbonyl (C=O) groups excluding carboxylic acids is 2. The van der Waals surface area contributed by atoms with Crippen molar-refractivity contribution in [3.63, 3.8) is 0 Å². The third kappa shape index (κ3) is 6.27. The molecular weight excluding hydrogens is 573 g/mol. The topological polar surface area (TPSA) is 86.5 Å². The number of amides is 2. The van der Waals surface area contributed by atoms with Crippen LogP contribution in [0.25, 0.3) is 15.6 Å². The van der Waals surface area contributed by atoms with Crippen molar-refractivity contribution in [1.82, 2.24) is 19.8 Å². The first-order chi connectivity index (χ1) is 21.9. The summed E-state index contributed by atoms with van der Waals surface area (Å²) in [6.07, 6.45) is 3.61. The van der Waals surface area contributed by atoms with Gasteiger partial charge in [0.1, 0.15) is 18.5 Å². The summed E-state index contributed by atoms with van der Waals surface area (Å²) in [5.74, 6) is 0.656. The molecule has 0 radical (unpaired) electrons. The summed E-state index contributed by atoms with van der Waals surface area (Å²) in [6, 6.07) is 12.7. The van der Waals surface area contributed by atoms with Gasteiger partial charge in [-0.15, -0.1) is 0 Å². The van der Waals surface area contributed by atoms with Crippen molar-refractivity contribution in [2.24, 2.45) is 5.92 Å². The highest BCUT2D eigenvalue weighted by molar-refractivity contribution is 5.97. The Kier molecular flexibility index (Phi) is 8.83. The number of nitrogens with zero attached hydrogens (tertiary/aromatic N) is 7. The molecule has 3 aromatic rings. The number of ether oxygens (including phenoxy) is 1. The van der Waals surface area contributed by atoms with Crippen LogP contribution in [0.5, 0.6) is 6.01 Å². The fourth-order valence-corrected chi connectivity index (χ4v) is 6.79. The van der Waals surface area contributed by atoms with Gasteiger partial charge in [-0.2, -0.15) is 9.97 Å². The number of hydrogen-bond acceptors (Lipinski definition) is 7. The summed E-state index contributed by atoms with van der Waals surface area (Å²) in [6.45, 7) is 12.7. The number of allylic oxidation sites excluding steroid dienone is 1. The number of halogens is 1. The second-order valence-electron chi connectivity index (χ2n) is 12.1. The average molecular weight is 612 g/mol. The van der Waals surface area contributed by atoms with Crippen molar-refractivity contribution in [2.75, 3.05) is 69.4 Å². The molecule has 3 aliphatic rings. The molecule has 3 aliphatic heterocycles. The lowest BCUT2D eigenvalue weighted by Gasteiger charge is -2.41. The minimum atomic E-state index is -0.713. The molecule has 2 saturated heterocycles. The number of benzene rings is 2. The number of carbonyl (C=O) groups is 2. The Labute approximate surface area is 262 Å². The lowest BCUT2D eigenvalue weighted by atomic mass is 9.99. The van der Waals surface area contributed by atoms with Crippen molar-refractivity contribution in [1.29, 1.82) is 0 Å². The molecule has 0 N–H and O–H groups in total. The van der Waals surface area contributed by atoms with Gasteiger partial charge in [-0.05, 0) is 36.4 Å². The maximum atomic E-state index is 12.8. The Morgan fingerprint density at radius 3 is 2.71 bits per heavy atom. The maximum absolute atomic E-state index is 12.8. The minimum Gasteiger partial charge on any atom is -0.463 e. The van der Waals surface area contributed by atoms with Gasteiger partial charge in [0.15, 0.2) is 0 Å². The third-order valence-corrected chi connectivity index (χ3v) is 9.04. The highest BCUT2D eigenvalue weighted by Crippen LogP contribution is 2.36. The highest BCUT2D eigenvalue weighted by Gasteiger charge is 2.35. The van der Waals surface area contributed by atoms with Gasteiger partial charge < -0.3 is 29.2 Å². The van der Waals surface area contributed by atoms with Gasteiger partial charge in [0.05, 0.1) is 18.8 Å². The van der Waals surface area contributed by atoms with Crippen LogP contribution in [0.15, 0.2) is 48.6 Å². The molecule has 10 nitrogen and oxygen atoms in total. The summed E-state index contributed by atoms with van der Waals surface area (Å²) in [7, 11) is 1.80. The first kappa shape index (κ1) is 30.3. The van der Waals surface area contributed by atoms with E-state index in [4.69, 9.17) is 21.3 Å². The Morgan fingerprint density at radius 2 is 1.96 bits per heavy atom. The Morgan fingerprint density at radius 1 is 1.13 bits per heavy atom. The molecule has 11 heteroatoms. The summed E-state index contributed by atoms with van der Waals surface area (Å²) in [4.78, 5) is 46.2. The zero-order valence-corrected chi connectivity index (χ0v) is 25.8. The minimum absolute atomic E-state index is 0.0655. The van der Waals surface area contributed by atoms with E-state index in [0.717, 1.165) is 35.7 Å². The number of rotatable bonds is 8. The fourth-order valence-electron chi connectivity index (χ4n) is 6.79. The number of likely N-dealkylation sites (tertiary alicyclic amines) is 1. The van der Waals surface area contributed by atoms with E-state index in [1.165, 1.54) is 28.5 Å². The normalized spacial score (nSPS) is 20.2. The summed E-state index contributed by atoms with van der Waals surface area (Å²) >= 11 is 0. The quantitative estimate of drug-likeness (QED) is 0.283. The molecule has 0 spiro atoms. The Bertz CT molecular complexity index is 1670. The molecule has 4 heterocycles. The van der Waals surface area contributed by atoms with Gasteiger partial charge in [-0.3, -0.25) is 9.59 Å². The standard InChI is InChI=1S/C34H38FN7O3/c1-23-7-4-8-25-9-5-10-29(32(23)25)40-14-12-27-28(21-40)37-34(45-22-24-17-31(44)39(3)19-24)38-33(27)41-15-16-42(26(20-41)18-36-2)30(43)11-6-13-35/h4-11,24,26H,12-22H2,1,3H3/b11-6+/t24?,26-/m0/s1. The molecule has 1 unspecified atom stereocenters. The van der Waals surface area contributed by atoms with E-state index in [1.807, 2.05) is 0 Å². The van der Waals surface area contributed by atoms with Gasteiger partial charge in [0, 0.05) is 74.8 Å². The number of aromatic nitrogens is 2. The summed E-state index contributed by atoms with van der Waals surface area (Å²) in [5.41, 5.74) is 4.32. The molecule has 0 saturated carbocycles. The molecule has 2 atom stereocenters. The van der Waals surface area contributed by atoms with Crippen LogP contribution in [-0.4, -0.2) is 97.2 Å².